The maximum absolute atomic E-state index is 6.24. The Morgan fingerprint density at radius 3 is 2.56 bits per heavy atom. The van der Waals surface area contributed by atoms with Crippen molar-refractivity contribution < 1.29 is 9.47 Å². The Morgan fingerprint density at radius 1 is 1.06 bits per heavy atom. The molecule has 0 unspecified atom stereocenters. The lowest BCUT2D eigenvalue weighted by Crippen LogP contribution is -2.49. The molecule has 2 fully saturated rings. The van der Waals surface area contributed by atoms with E-state index in [1.165, 1.54) is 18.5 Å². The molecule has 3 aliphatic heterocycles. The second-order valence-electron chi connectivity index (χ2n) is 9.24. The highest BCUT2D eigenvalue weighted by atomic mass is 16.5. The number of allylic oxidation sites excluding steroid dienone is 1. The molecule has 0 bridgehead atoms. The van der Waals surface area contributed by atoms with Crippen LogP contribution in [0.4, 0.5) is 11.6 Å². The zero-order valence-corrected chi connectivity index (χ0v) is 21.0. The van der Waals surface area contributed by atoms with Crippen molar-refractivity contribution in [2.24, 2.45) is 0 Å². The lowest BCUT2D eigenvalue weighted by Gasteiger charge is -2.40. The van der Waals surface area contributed by atoms with Gasteiger partial charge in [-0.3, -0.25) is 4.90 Å². The quantitative estimate of drug-likeness (QED) is 0.556. The van der Waals surface area contributed by atoms with E-state index in [4.69, 9.17) is 15.2 Å². The number of nitrogens with zero attached hydrogens (tertiary/aromatic N) is 6. The van der Waals surface area contributed by atoms with Crippen LogP contribution in [0.15, 0.2) is 49.1 Å². The summed E-state index contributed by atoms with van der Waals surface area (Å²) in [6, 6.07) is 11.1. The van der Waals surface area contributed by atoms with Gasteiger partial charge in [-0.15, -0.1) is 11.7 Å². The van der Waals surface area contributed by atoms with Gasteiger partial charge in [-0.2, -0.15) is 4.52 Å². The fourth-order valence-electron chi connectivity index (χ4n) is 5.03. The summed E-state index contributed by atoms with van der Waals surface area (Å²) in [7, 11) is 0. The number of benzene rings is 1. The van der Waals surface area contributed by atoms with Gasteiger partial charge in [0.1, 0.15) is 0 Å². The molecule has 0 atom stereocenters. The van der Waals surface area contributed by atoms with E-state index in [0.29, 0.717) is 35.8 Å². The molecule has 3 aromatic rings. The lowest BCUT2D eigenvalue weighted by atomic mass is 10.0. The van der Waals surface area contributed by atoms with E-state index in [9.17, 15) is 0 Å². The van der Waals surface area contributed by atoms with Crippen LogP contribution in [0.3, 0.4) is 0 Å². The largest absolute Gasteiger partial charge is 0.490 e. The second-order valence-corrected chi connectivity index (χ2v) is 9.24. The van der Waals surface area contributed by atoms with Crippen molar-refractivity contribution in [3.8, 4) is 11.3 Å². The molecule has 9 nitrogen and oxygen atoms in total. The van der Waals surface area contributed by atoms with Crippen LogP contribution < -0.4 is 10.6 Å². The van der Waals surface area contributed by atoms with Gasteiger partial charge >= 0.3 is 0 Å². The van der Waals surface area contributed by atoms with E-state index in [0.717, 1.165) is 57.1 Å². The van der Waals surface area contributed by atoms with Crippen LogP contribution in [0.2, 0.25) is 0 Å². The summed E-state index contributed by atoms with van der Waals surface area (Å²) in [4.78, 5) is 14.3. The van der Waals surface area contributed by atoms with E-state index in [-0.39, 0.29) is 0 Å². The highest BCUT2D eigenvalue weighted by molar-refractivity contribution is 5.70. The average molecular weight is 490 g/mol. The van der Waals surface area contributed by atoms with Crippen molar-refractivity contribution in [1.29, 1.82) is 0 Å². The third-order valence-corrected chi connectivity index (χ3v) is 6.81. The number of morpholine rings is 1. The number of rotatable bonds is 4. The van der Waals surface area contributed by atoms with Gasteiger partial charge in [0.25, 0.3) is 0 Å². The highest BCUT2D eigenvalue weighted by Crippen LogP contribution is 2.29. The molecule has 0 saturated carbocycles. The topological polar surface area (TPSA) is 94.0 Å². The number of anilines is 2. The molecule has 3 aliphatic rings. The van der Waals surface area contributed by atoms with E-state index in [1.54, 1.807) is 10.6 Å². The number of aromatic nitrogens is 4. The fourth-order valence-corrected chi connectivity index (χ4v) is 5.03. The van der Waals surface area contributed by atoms with E-state index >= 15 is 0 Å². The summed E-state index contributed by atoms with van der Waals surface area (Å²) in [5.41, 5.74) is 9.95. The normalized spacial score (nSPS) is 18.9. The monoisotopic (exact) mass is 489 g/mol. The predicted octanol–water partition coefficient (Wildman–Crippen LogP) is 3.63. The average Bonchev–Trinajstić information content (AvgIpc) is 3.61. The minimum Gasteiger partial charge on any atom is -0.490 e. The van der Waals surface area contributed by atoms with E-state index in [1.807, 2.05) is 19.1 Å². The van der Waals surface area contributed by atoms with Gasteiger partial charge in [0, 0.05) is 56.0 Å². The number of fused-ring (bicyclic) bond motifs is 1. The van der Waals surface area contributed by atoms with Gasteiger partial charge < -0.3 is 20.1 Å². The first-order chi connectivity index (χ1) is 17.7. The van der Waals surface area contributed by atoms with Crippen LogP contribution in [-0.4, -0.2) is 76.5 Å². The number of nitrogens with two attached hydrogens (primary N) is 1. The molecule has 0 amide bonds. The summed E-state index contributed by atoms with van der Waals surface area (Å²) in [5.74, 6) is 1.58. The van der Waals surface area contributed by atoms with Crippen molar-refractivity contribution in [3.05, 3.63) is 54.9 Å². The minimum atomic E-state index is 0.316. The summed E-state index contributed by atoms with van der Waals surface area (Å²) in [6.45, 7) is 11.9. The first-order valence-electron chi connectivity index (χ1n) is 12.8. The van der Waals surface area contributed by atoms with Gasteiger partial charge in [0.2, 0.25) is 11.8 Å². The molecule has 6 rings (SSSR count). The Hall–Kier alpha value is -3.43. The summed E-state index contributed by atoms with van der Waals surface area (Å²) in [6.07, 6.45) is 7.00. The first kappa shape index (κ1) is 24.3. The SMILES string of the molecule is C=CC.Nc1nc(-c2cccc(N3CCC(N4CCOCC4)CC3)c2)cc2nc(C3=CCCO3)nn12. The Balaban J connectivity index is 0.000000848. The molecule has 9 heteroatoms. The maximum atomic E-state index is 6.24. The number of hydrogen-bond acceptors (Lipinski definition) is 8. The van der Waals surface area contributed by atoms with Crippen LogP contribution in [-0.2, 0) is 9.47 Å². The summed E-state index contributed by atoms with van der Waals surface area (Å²) >= 11 is 0. The van der Waals surface area contributed by atoms with Gasteiger partial charge in [-0.1, -0.05) is 18.2 Å². The standard InChI is InChI=1S/C24H29N7O2.C3H6/c25-24-26-20(16-22-27-23(28-31(22)24)21-5-2-12-33-21)17-3-1-4-19(15-17)29-8-6-18(7-9-29)30-10-13-32-14-11-30;1-3-2/h1,3-5,15-16,18H,2,6-14H2,(H2,25,26);3H,1H2,2H3. The van der Waals surface area contributed by atoms with Crippen molar-refractivity contribution in [3.63, 3.8) is 0 Å². The molecule has 2 N–H and O–H groups in total. The Kier molecular flexibility index (Phi) is 7.48. The van der Waals surface area contributed by atoms with Gasteiger partial charge in [0.15, 0.2) is 11.4 Å². The smallest absolute Gasteiger partial charge is 0.223 e. The van der Waals surface area contributed by atoms with Crippen molar-refractivity contribution >= 4 is 23.0 Å². The van der Waals surface area contributed by atoms with Gasteiger partial charge in [-0.05, 0) is 38.0 Å². The maximum Gasteiger partial charge on any atom is 0.223 e. The van der Waals surface area contributed by atoms with Gasteiger partial charge in [0.05, 0.1) is 25.5 Å². The zero-order valence-electron chi connectivity index (χ0n) is 21.0. The predicted molar refractivity (Wildman–Crippen MR) is 143 cm³/mol. The fraction of sp³-hybridized carbons (Fsp3) is 0.444. The molecule has 1 aromatic carbocycles. The molecule has 36 heavy (non-hydrogen) atoms. The Labute approximate surface area is 212 Å². The van der Waals surface area contributed by atoms with E-state index < -0.39 is 0 Å². The number of nitrogen functional groups attached to an aromatic ring is 1. The molecule has 2 saturated heterocycles. The van der Waals surface area contributed by atoms with E-state index in [2.05, 4.69) is 55.7 Å². The molecule has 0 aliphatic carbocycles. The van der Waals surface area contributed by atoms with Crippen LogP contribution in [0.5, 0.6) is 0 Å². The summed E-state index contributed by atoms with van der Waals surface area (Å²) < 4.78 is 12.7. The molecule has 2 aromatic heterocycles. The first-order valence-corrected chi connectivity index (χ1v) is 12.8. The van der Waals surface area contributed by atoms with Crippen LogP contribution in [0.1, 0.15) is 32.0 Å². The molecule has 0 radical (unpaired) electrons. The zero-order chi connectivity index (χ0) is 24.9. The molecular weight excluding hydrogens is 454 g/mol. The third kappa shape index (κ3) is 5.22. The van der Waals surface area contributed by atoms with Gasteiger partial charge in [-0.25, -0.2) is 9.97 Å². The third-order valence-electron chi connectivity index (χ3n) is 6.81. The van der Waals surface area contributed by atoms with Crippen LogP contribution in [0, 0.1) is 0 Å². The number of ether oxygens (including phenoxy) is 2. The lowest BCUT2D eigenvalue weighted by molar-refractivity contribution is 0.0115. The van der Waals surface area contributed by atoms with Crippen molar-refractivity contribution in [2.75, 3.05) is 56.6 Å². The minimum absolute atomic E-state index is 0.316. The van der Waals surface area contributed by atoms with Crippen LogP contribution in [0.25, 0.3) is 22.7 Å². The second kappa shape index (κ2) is 11.1. The molecule has 0 spiro atoms. The summed E-state index contributed by atoms with van der Waals surface area (Å²) in [5, 5.41) is 4.47. The van der Waals surface area contributed by atoms with Crippen LogP contribution >= 0.6 is 0 Å². The Morgan fingerprint density at radius 2 is 1.83 bits per heavy atom. The number of piperidine rings is 1. The van der Waals surface area contributed by atoms with Crippen molar-refractivity contribution in [1.82, 2.24) is 24.5 Å². The highest BCUT2D eigenvalue weighted by Gasteiger charge is 2.26. The number of hydrogen-bond donors (Lipinski definition) is 1. The Bertz CT molecular complexity index is 1220. The molecule has 5 heterocycles. The molecular formula is C27H35N7O2. The molecule has 190 valence electrons. The van der Waals surface area contributed by atoms with Crippen molar-refractivity contribution in [2.45, 2.75) is 32.2 Å².